The number of hydrogen-bond acceptors (Lipinski definition) is 4. The highest BCUT2D eigenvalue weighted by molar-refractivity contribution is 7.80. The number of unbranched alkanes of at least 4 members (excludes halogenated alkanes) is 7. The zero-order valence-electron chi connectivity index (χ0n) is 14.5. The zero-order chi connectivity index (χ0) is 17.6. The predicted octanol–water partition coefficient (Wildman–Crippen LogP) is 4.42. The summed E-state index contributed by atoms with van der Waals surface area (Å²) in [6.45, 7) is 1.42. The number of carbonyl (C=O) groups is 2. The fourth-order valence-corrected chi connectivity index (χ4v) is 2.64. The molecule has 0 aliphatic heterocycles. The van der Waals surface area contributed by atoms with Gasteiger partial charge in [-0.3, -0.25) is 9.59 Å². The van der Waals surface area contributed by atoms with E-state index in [0.717, 1.165) is 18.6 Å². The lowest BCUT2D eigenvalue weighted by Gasteiger charge is -2.07. The molecule has 0 aliphatic carbocycles. The van der Waals surface area contributed by atoms with Gasteiger partial charge in [0.2, 0.25) is 11.8 Å². The number of anilines is 2. The number of thiol groups is 1. The maximum Gasteiger partial charge on any atom is 0.225 e. The van der Waals surface area contributed by atoms with E-state index in [9.17, 15) is 9.59 Å². The van der Waals surface area contributed by atoms with Gasteiger partial charge in [0.15, 0.2) is 0 Å². The Kier molecular flexibility index (Phi) is 10.9. The minimum Gasteiger partial charge on any atom is -0.311 e. The summed E-state index contributed by atoms with van der Waals surface area (Å²) in [6.07, 6.45) is 9.96. The molecule has 2 amide bonds. The summed E-state index contributed by atoms with van der Waals surface area (Å²) >= 11 is 4.21. The number of rotatable bonds is 12. The topological polar surface area (TPSA) is 71.1 Å². The van der Waals surface area contributed by atoms with E-state index in [2.05, 4.69) is 28.2 Å². The van der Waals surface area contributed by atoms with Gasteiger partial charge in [0.1, 0.15) is 11.6 Å². The largest absolute Gasteiger partial charge is 0.311 e. The molecule has 24 heavy (non-hydrogen) atoms. The minimum atomic E-state index is -0.184. The van der Waals surface area contributed by atoms with Gasteiger partial charge in [0, 0.05) is 13.3 Å². The summed E-state index contributed by atoms with van der Waals surface area (Å²) in [5.41, 5.74) is 0. The van der Waals surface area contributed by atoms with Crippen molar-refractivity contribution in [3.8, 4) is 0 Å². The number of nitrogens with one attached hydrogen (secondary N) is 2. The molecule has 6 heteroatoms. The van der Waals surface area contributed by atoms with Gasteiger partial charge in [-0.1, -0.05) is 44.6 Å². The SMILES string of the molecule is CC(=O)Nc1cccc(NC(=O)CCCCCCCCCCS)n1. The smallest absolute Gasteiger partial charge is 0.225 e. The first-order valence-corrected chi connectivity index (χ1v) is 9.40. The molecule has 0 fully saturated rings. The van der Waals surface area contributed by atoms with Gasteiger partial charge in [-0.15, -0.1) is 0 Å². The molecule has 0 atom stereocenters. The Labute approximate surface area is 150 Å². The molecule has 0 aromatic carbocycles. The third-order valence-corrected chi connectivity index (χ3v) is 3.95. The van der Waals surface area contributed by atoms with Crippen LogP contribution in [0, 0.1) is 0 Å². The summed E-state index contributed by atoms with van der Waals surface area (Å²) in [5, 5.41) is 5.37. The van der Waals surface area contributed by atoms with Crippen LogP contribution in [0.15, 0.2) is 18.2 Å². The molecule has 1 aromatic rings. The Hall–Kier alpha value is -1.56. The van der Waals surface area contributed by atoms with Crippen LogP contribution < -0.4 is 10.6 Å². The van der Waals surface area contributed by atoms with Crippen LogP contribution in [0.2, 0.25) is 0 Å². The summed E-state index contributed by atoms with van der Waals surface area (Å²) in [7, 11) is 0. The van der Waals surface area contributed by atoms with Gasteiger partial charge in [0.05, 0.1) is 0 Å². The van der Waals surface area contributed by atoms with E-state index in [0.29, 0.717) is 18.1 Å². The Morgan fingerprint density at radius 2 is 1.46 bits per heavy atom. The van der Waals surface area contributed by atoms with Crippen molar-refractivity contribution >= 4 is 36.1 Å². The van der Waals surface area contributed by atoms with Gasteiger partial charge in [-0.2, -0.15) is 12.6 Å². The van der Waals surface area contributed by atoms with E-state index in [4.69, 9.17) is 0 Å². The van der Waals surface area contributed by atoms with Crippen molar-refractivity contribution in [2.75, 3.05) is 16.4 Å². The standard InChI is InChI=1S/C18H29N3O2S/c1-15(22)19-16-11-10-12-17(20-16)21-18(23)13-8-6-4-2-3-5-7-9-14-24/h10-12,24H,2-9,13-14H2,1H3,(H2,19,20,21,22,23). The van der Waals surface area contributed by atoms with Gasteiger partial charge in [-0.05, 0) is 30.7 Å². The lowest BCUT2D eigenvalue weighted by molar-refractivity contribution is -0.116. The number of amides is 2. The number of nitrogens with zero attached hydrogens (tertiary/aromatic N) is 1. The number of hydrogen-bond donors (Lipinski definition) is 3. The molecule has 0 bridgehead atoms. The second-order valence-corrected chi connectivity index (χ2v) is 6.39. The van der Waals surface area contributed by atoms with Crippen LogP contribution in [-0.2, 0) is 9.59 Å². The lowest BCUT2D eigenvalue weighted by atomic mass is 10.1. The summed E-state index contributed by atoms with van der Waals surface area (Å²) < 4.78 is 0. The van der Waals surface area contributed by atoms with Gasteiger partial charge < -0.3 is 10.6 Å². The van der Waals surface area contributed by atoms with Crippen LogP contribution in [0.5, 0.6) is 0 Å². The fraction of sp³-hybridized carbons (Fsp3) is 0.611. The highest BCUT2D eigenvalue weighted by atomic mass is 32.1. The Morgan fingerprint density at radius 3 is 2.04 bits per heavy atom. The molecule has 1 aromatic heterocycles. The van der Waals surface area contributed by atoms with Crippen molar-refractivity contribution in [2.24, 2.45) is 0 Å². The number of pyridine rings is 1. The van der Waals surface area contributed by atoms with Crippen molar-refractivity contribution < 1.29 is 9.59 Å². The van der Waals surface area contributed by atoms with Crippen LogP contribution in [-0.4, -0.2) is 22.6 Å². The minimum absolute atomic E-state index is 0.0312. The van der Waals surface area contributed by atoms with E-state index in [1.165, 1.54) is 45.4 Å². The van der Waals surface area contributed by atoms with Gasteiger partial charge >= 0.3 is 0 Å². The number of aromatic nitrogens is 1. The number of carbonyl (C=O) groups excluding carboxylic acids is 2. The molecule has 0 saturated carbocycles. The maximum absolute atomic E-state index is 11.9. The average Bonchev–Trinajstić information content (AvgIpc) is 2.53. The monoisotopic (exact) mass is 351 g/mol. The van der Waals surface area contributed by atoms with E-state index in [1.54, 1.807) is 18.2 Å². The normalized spacial score (nSPS) is 10.4. The Balaban J connectivity index is 2.12. The average molecular weight is 352 g/mol. The molecule has 0 aliphatic rings. The molecule has 1 rings (SSSR count). The van der Waals surface area contributed by atoms with Crippen molar-refractivity contribution in [1.29, 1.82) is 0 Å². The van der Waals surface area contributed by atoms with E-state index in [1.807, 2.05) is 0 Å². The van der Waals surface area contributed by atoms with Crippen molar-refractivity contribution in [3.05, 3.63) is 18.2 Å². The van der Waals surface area contributed by atoms with Crippen molar-refractivity contribution in [3.63, 3.8) is 0 Å². The quantitative estimate of drug-likeness (QED) is 0.386. The summed E-state index contributed by atoms with van der Waals surface area (Å²) in [5.74, 6) is 1.68. The molecule has 2 N–H and O–H groups in total. The fourth-order valence-electron chi connectivity index (χ4n) is 2.42. The first-order valence-electron chi connectivity index (χ1n) is 8.77. The lowest BCUT2D eigenvalue weighted by Crippen LogP contribution is -2.13. The molecular formula is C18H29N3O2S. The highest BCUT2D eigenvalue weighted by Crippen LogP contribution is 2.12. The first-order chi connectivity index (χ1) is 11.6. The van der Waals surface area contributed by atoms with Crippen LogP contribution in [0.1, 0.15) is 64.7 Å². The zero-order valence-corrected chi connectivity index (χ0v) is 15.4. The first kappa shape index (κ1) is 20.5. The van der Waals surface area contributed by atoms with E-state index in [-0.39, 0.29) is 11.8 Å². The van der Waals surface area contributed by atoms with Crippen molar-refractivity contribution in [2.45, 2.75) is 64.7 Å². The van der Waals surface area contributed by atoms with Crippen LogP contribution >= 0.6 is 12.6 Å². The molecule has 0 saturated heterocycles. The third-order valence-electron chi connectivity index (χ3n) is 3.63. The van der Waals surface area contributed by atoms with E-state index < -0.39 is 0 Å². The molecule has 0 spiro atoms. The van der Waals surface area contributed by atoms with Crippen molar-refractivity contribution in [1.82, 2.24) is 4.98 Å². The van der Waals surface area contributed by atoms with Gasteiger partial charge in [-0.25, -0.2) is 4.98 Å². The molecule has 0 unspecified atom stereocenters. The second-order valence-electron chi connectivity index (χ2n) is 5.94. The summed E-state index contributed by atoms with van der Waals surface area (Å²) in [4.78, 5) is 27.1. The predicted molar refractivity (Wildman–Crippen MR) is 103 cm³/mol. The van der Waals surface area contributed by atoms with Gasteiger partial charge in [0.25, 0.3) is 0 Å². The Morgan fingerprint density at radius 1 is 0.917 bits per heavy atom. The highest BCUT2D eigenvalue weighted by Gasteiger charge is 2.05. The maximum atomic E-state index is 11.9. The van der Waals surface area contributed by atoms with Crippen LogP contribution in [0.3, 0.4) is 0 Å². The second kappa shape index (κ2) is 12.8. The molecule has 0 radical (unpaired) electrons. The van der Waals surface area contributed by atoms with Crippen LogP contribution in [0.4, 0.5) is 11.6 Å². The molecule has 5 nitrogen and oxygen atoms in total. The molecule has 1 heterocycles. The Bertz CT molecular complexity index is 509. The third kappa shape index (κ3) is 10.3. The van der Waals surface area contributed by atoms with E-state index >= 15 is 0 Å². The summed E-state index contributed by atoms with van der Waals surface area (Å²) in [6, 6.07) is 5.16. The molecule has 134 valence electrons. The molecular weight excluding hydrogens is 322 g/mol. The van der Waals surface area contributed by atoms with Crippen LogP contribution in [0.25, 0.3) is 0 Å².